The summed E-state index contributed by atoms with van der Waals surface area (Å²) < 4.78 is 10.5. The zero-order valence-corrected chi connectivity index (χ0v) is 17.6. The largest absolute Gasteiger partial charge is 0.481 e. The molecule has 1 aliphatic carbocycles. The highest BCUT2D eigenvalue weighted by molar-refractivity contribution is 6.12. The van der Waals surface area contributed by atoms with Gasteiger partial charge >= 0.3 is 6.03 Å². The van der Waals surface area contributed by atoms with Crippen molar-refractivity contribution in [3.63, 3.8) is 0 Å². The van der Waals surface area contributed by atoms with Crippen LogP contribution in [0.25, 0.3) is 0 Å². The number of pyridine rings is 1. The Morgan fingerprint density at radius 2 is 1.87 bits per heavy atom. The van der Waals surface area contributed by atoms with E-state index in [0.29, 0.717) is 23.6 Å². The first-order valence-electron chi connectivity index (χ1n) is 9.89. The summed E-state index contributed by atoms with van der Waals surface area (Å²) in [5.74, 6) is 1.57. The van der Waals surface area contributed by atoms with Crippen LogP contribution in [0.5, 0.6) is 11.8 Å². The summed E-state index contributed by atoms with van der Waals surface area (Å²) in [5.41, 5.74) is 2.92. The summed E-state index contributed by atoms with van der Waals surface area (Å²) in [6, 6.07) is 11.3. The molecule has 30 heavy (non-hydrogen) atoms. The number of ether oxygens (including phenoxy) is 2. The molecule has 158 valence electrons. The number of amides is 3. The zero-order chi connectivity index (χ0) is 21.5. The lowest BCUT2D eigenvalue weighted by Crippen LogP contribution is -2.27. The second-order valence-electron chi connectivity index (χ2n) is 8.23. The minimum Gasteiger partial charge on any atom is -0.481 e. The molecule has 2 aliphatic rings. The van der Waals surface area contributed by atoms with Gasteiger partial charge in [-0.3, -0.25) is 15.0 Å². The molecule has 0 radical (unpaired) electrons. The number of hydrogen-bond acceptors (Lipinski definition) is 6. The van der Waals surface area contributed by atoms with E-state index in [4.69, 9.17) is 9.47 Å². The van der Waals surface area contributed by atoms with Crippen molar-refractivity contribution in [2.24, 2.45) is 11.3 Å². The van der Waals surface area contributed by atoms with Gasteiger partial charge in [0.25, 0.3) is 0 Å². The van der Waals surface area contributed by atoms with Crippen molar-refractivity contribution in [2.75, 3.05) is 37.5 Å². The molecule has 1 saturated carbocycles. The smallest absolute Gasteiger partial charge is 0.329 e. The summed E-state index contributed by atoms with van der Waals surface area (Å²) in [6.45, 7) is 5.37. The summed E-state index contributed by atoms with van der Waals surface area (Å²) in [5, 5.41) is 5.76. The first kappa shape index (κ1) is 20.0. The Bertz CT molecular complexity index is 974. The number of nitrogens with one attached hydrogen (secondary N) is 2. The Morgan fingerprint density at radius 3 is 2.47 bits per heavy atom. The maximum Gasteiger partial charge on any atom is 0.329 e. The third-order valence-corrected chi connectivity index (χ3v) is 6.16. The molecule has 8 nitrogen and oxygen atoms in total. The van der Waals surface area contributed by atoms with Gasteiger partial charge in [0.2, 0.25) is 17.7 Å². The average molecular weight is 410 g/mol. The number of aromatic nitrogens is 1. The quantitative estimate of drug-likeness (QED) is 0.682. The summed E-state index contributed by atoms with van der Waals surface area (Å²) in [6.07, 6.45) is 0. The van der Waals surface area contributed by atoms with Gasteiger partial charge in [-0.25, -0.2) is 4.79 Å². The van der Waals surface area contributed by atoms with E-state index in [0.717, 1.165) is 17.9 Å². The number of carbonyl (C=O) groups is 2. The molecule has 3 amide bonds. The van der Waals surface area contributed by atoms with Gasteiger partial charge in [-0.15, -0.1) is 0 Å². The van der Waals surface area contributed by atoms with Crippen molar-refractivity contribution < 1.29 is 19.1 Å². The van der Waals surface area contributed by atoms with Crippen LogP contribution in [0.1, 0.15) is 25.3 Å². The molecule has 2 aromatic rings. The lowest BCUT2D eigenvalue weighted by molar-refractivity contribution is -0.117. The second-order valence-corrected chi connectivity index (χ2v) is 8.23. The third-order valence-electron chi connectivity index (χ3n) is 6.16. The fraction of sp³-hybridized carbons (Fsp3) is 0.409. The van der Waals surface area contributed by atoms with Crippen molar-refractivity contribution in [1.29, 1.82) is 0 Å². The minimum atomic E-state index is -0.372. The van der Waals surface area contributed by atoms with Gasteiger partial charge in [0.05, 0.1) is 19.9 Å². The lowest BCUT2D eigenvalue weighted by atomic mass is 10.0. The van der Waals surface area contributed by atoms with E-state index in [9.17, 15) is 9.59 Å². The predicted octanol–water partition coefficient (Wildman–Crippen LogP) is 3.01. The number of hydrogen-bond donors (Lipinski definition) is 2. The van der Waals surface area contributed by atoms with Crippen molar-refractivity contribution in [2.45, 2.75) is 19.8 Å². The molecule has 1 saturated heterocycles. The van der Waals surface area contributed by atoms with E-state index in [-0.39, 0.29) is 23.9 Å². The Kier molecular flexibility index (Phi) is 5.01. The summed E-state index contributed by atoms with van der Waals surface area (Å²) in [4.78, 5) is 29.0. The van der Waals surface area contributed by atoms with Crippen LogP contribution in [0.3, 0.4) is 0 Å². The lowest BCUT2D eigenvalue weighted by Gasteiger charge is -2.14. The Morgan fingerprint density at radius 1 is 1.13 bits per heavy atom. The molecule has 8 heteroatoms. The van der Waals surface area contributed by atoms with Crippen molar-refractivity contribution >= 4 is 23.3 Å². The highest BCUT2D eigenvalue weighted by Crippen LogP contribution is 2.64. The second kappa shape index (κ2) is 7.51. The van der Waals surface area contributed by atoms with Crippen molar-refractivity contribution in [1.82, 2.24) is 10.3 Å². The number of methoxy groups -OCH3 is 2. The highest BCUT2D eigenvalue weighted by Gasteiger charge is 2.57. The molecular weight excluding hydrogens is 384 g/mol. The zero-order valence-electron chi connectivity index (χ0n) is 17.6. The van der Waals surface area contributed by atoms with E-state index < -0.39 is 0 Å². The van der Waals surface area contributed by atoms with Crippen LogP contribution in [0.15, 0.2) is 36.4 Å². The molecule has 1 aliphatic heterocycles. The van der Waals surface area contributed by atoms with Crippen LogP contribution in [0.4, 0.5) is 16.2 Å². The Balaban J connectivity index is 1.44. The third kappa shape index (κ3) is 3.53. The summed E-state index contributed by atoms with van der Waals surface area (Å²) >= 11 is 0. The monoisotopic (exact) mass is 410 g/mol. The van der Waals surface area contributed by atoms with Crippen LogP contribution in [-0.4, -0.2) is 44.2 Å². The van der Waals surface area contributed by atoms with Crippen LogP contribution < -0.4 is 25.0 Å². The molecule has 4 rings (SSSR count). The van der Waals surface area contributed by atoms with Crippen LogP contribution in [-0.2, 0) is 4.79 Å². The number of anilines is 2. The van der Waals surface area contributed by atoms with Crippen LogP contribution in [0.2, 0.25) is 0 Å². The van der Waals surface area contributed by atoms with E-state index in [1.54, 1.807) is 20.3 Å². The molecule has 2 N–H and O–H groups in total. The minimum absolute atomic E-state index is 0.0668. The first-order chi connectivity index (χ1) is 14.3. The molecule has 2 heterocycles. The number of benzene rings is 1. The normalized spacial score (nSPS) is 21.9. The van der Waals surface area contributed by atoms with Gasteiger partial charge in [-0.2, -0.15) is 4.98 Å². The fourth-order valence-corrected chi connectivity index (χ4v) is 4.35. The highest BCUT2D eigenvalue weighted by atomic mass is 16.5. The molecule has 2 fully saturated rings. The molecule has 0 bridgehead atoms. The SMILES string of the molecule is COc1ccc(NCC2C(c3ccc(N4CC(=O)NC4=O)cc3)C2(C)C)c(OC)n1. The van der Waals surface area contributed by atoms with Gasteiger partial charge in [-0.05, 0) is 41.0 Å². The number of urea groups is 1. The Labute approximate surface area is 175 Å². The van der Waals surface area contributed by atoms with Crippen LogP contribution in [0, 0.1) is 11.3 Å². The van der Waals surface area contributed by atoms with Crippen molar-refractivity contribution in [3.05, 3.63) is 42.0 Å². The van der Waals surface area contributed by atoms with E-state index in [2.05, 4.69) is 29.5 Å². The first-order valence-corrected chi connectivity index (χ1v) is 9.89. The van der Waals surface area contributed by atoms with Gasteiger partial charge in [-0.1, -0.05) is 26.0 Å². The van der Waals surface area contributed by atoms with Gasteiger partial charge in [0.1, 0.15) is 6.54 Å². The number of carbonyl (C=O) groups excluding carboxylic acids is 2. The maximum absolute atomic E-state index is 11.8. The Hall–Kier alpha value is -3.29. The standard InChI is InChI=1S/C22H26N4O4/c1-22(2)15(11-23-16-9-10-18(29-3)25-20(16)30-4)19(22)13-5-7-14(8-6-13)26-12-17(27)24-21(26)28/h5-10,15,19,23H,11-12H2,1-4H3,(H,24,27,28). The number of imide groups is 1. The van der Waals surface area contributed by atoms with Gasteiger partial charge < -0.3 is 14.8 Å². The average Bonchev–Trinajstić information content (AvgIpc) is 3.11. The summed E-state index contributed by atoms with van der Waals surface area (Å²) in [7, 11) is 3.16. The van der Waals surface area contributed by atoms with Gasteiger partial charge in [0, 0.05) is 18.3 Å². The molecule has 1 aromatic heterocycles. The van der Waals surface area contributed by atoms with E-state index in [1.165, 1.54) is 10.5 Å². The molecule has 2 atom stereocenters. The van der Waals surface area contributed by atoms with E-state index >= 15 is 0 Å². The topological polar surface area (TPSA) is 92.8 Å². The van der Waals surface area contributed by atoms with Crippen molar-refractivity contribution in [3.8, 4) is 11.8 Å². The molecule has 1 aromatic carbocycles. The molecular formula is C22H26N4O4. The fourth-order valence-electron chi connectivity index (χ4n) is 4.35. The number of rotatable bonds is 7. The van der Waals surface area contributed by atoms with Gasteiger partial charge in [0.15, 0.2) is 0 Å². The molecule has 2 unspecified atom stereocenters. The molecule has 0 spiro atoms. The maximum atomic E-state index is 11.8. The van der Waals surface area contributed by atoms with E-state index in [1.807, 2.05) is 30.3 Å². The predicted molar refractivity (Wildman–Crippen MR) is 113 cm³/mol. The van der Waals surface area contributed by atoms with Crippen LogP contribution >= 0.6 is 0 Å². The number of nitrogens with zero attached hydrogens (tertiary/aromatic N) is 2.